The predicted molar refractivity (Wildman–Crippen MR) is 75.0 cm³/mol. The fraction of sp³-hybridized carbons (Fsp3) is 0.429. The number of methoxy groups -OCH3 is 1. The molecule has 104 valence electrons. The number of aromatic nitrogens is 1. The van der Waals surface area contributed by atoms with Gasteiger partial charge in [0.05, 0.1) is 18.0 Å². The average Bonchev–Trinajstić information content (AvgIpc) is 2.32. The molecule has 1 heterocycles. The number of rotatable bonds is 7. The first kappa shape index (κ1) is 15.2. The summed E-state index contributed by atoms with van der Waals surface area (Å²) in [6.07, 6.45) is 1.74. The van der Waals surface area contributed by atoms with Crippen molar-refractivity contribution in [1.29, 1.82) is 0 Å². The van der Waals surface area contributed by atoms with Crippen LogP contribution in [0.1, 0.15) is 21.7 Å². The van der Waals surface area contributed by atoms with E-state index in [1.54, 1.807) is 26.2 Å². The highest BCUT2D eigenvalue weighted by atomic mass is 16.5. The fourth-order valence-electron chi connectivity index (χ4n) is 1.99. The predicted octanol–water partition coefficient (Wildman–Crippen LogP) is 2.04. The Kier molecular flexibility index (Phi) is 5.51. The van der Waals surface area contributed by atoms with E-state index in [1.165, 1.54) is 0 Å². The highest BCUT2D eigenvalue weighted by molar-refractivity contribution is 5.95. The van der Waals surface area contributed by atoms with Crippen molar-refractivity contribution in [3.63, 3.8) is 0 Å². The Morgan fingerprint density at radius 3 is 2.79 bits per heavy atom. The Morgan fingerprint density at radius 2 is 2.26 bits per heavy atom. The lowest BCUT2D eigenvalue weighted by Crippen LogP contribution is -2.29. The van der Waals surface area contributed by atoms with E-state index in [0.717, 1.165) is 5.69 Å². The first-order chi connectivity index (χ1) is 9.01. The number of carboxylic acids is 1. The second-order valence-corrected chi connectivity index (χ2v) is 4.28. The summed E-state index contributed by atoms with van der Waals surface area (Å²) in [5.41, 5.74) is 2.22. The topological polar surface area (TPSA) is 62.7 Å². The number of carbonyl (C=O) groups is 1. The smallest absolute Gasteiger partial charge is 0.339 e. The van der Waals surface area contributed by atoms with Crippen LogP contribution in [0.2, 0.25) is 0 Å². The zero-order valence-corrected chi connectivity index (χ0v) is 11.6. The fourth-order valence-corrected chi connectivity index (χ4v) is 1.99. The molecule has 0 aliphatic carbocycles. The Bertz CT molecular complexity index is 472. The molecule has 19 heavy (non-hydrogen) atoms. The van der Waals surface area contributed by atoms with Gasteiger partial charge in [0, 0.05) is 25.9 Å². The summed E-state index contributed by atoms with van der Waals surface area (Å²) >= 11 is 0. The number of nitrogens with zero attached hydrogens (tertiary/aromatic N) is 2. The summed E-state index contributed by atoms with van der Waals surface area (Å²) in [5, 5.41) is 9.36. The Labute approximate surface area is 113 Å². The van der Waals surface area contributed by atoms with Crippen molar-refractivity contribution in [1.82, 2.24) is 4.98 Å². The molecule has 1 N–H and O–H groups in total. The van der Waals surface area contributed by atoms with Gasteiger partial charge in [0.1, 0.15) is 5.56 Å². The summed E-state index contributed by atoms with van der Waals surface area (Å²) in [5.74, 6) is -0.966. The molecule has 5 heteroatoms. The minimum absolute atomic E-state index is 0.239. The maximum absolute atomic E-state index is 11.4. The van der Waals surface area contributed by atoms with E-state index < -0.39 is 5.97 Å². The molecular weight excluding hydrogens is 244 g/mol. The van der Waals surface area contributed by atoms with Gasteiger partial charge in [0.25, 0.3) is 0 Å². The molecule has 0 unspecified atom stereocenters. The molecule has 0 aliphatic heterocycles. The van der Waals surface area contributed by atoms with Gasteiger partial charge in [0.2, 0.25) is 0 Å². The van der Waals surface area contributed by atoms with Crippen LogP contribution in [0.3, 0.4) is 0 Å². The molecule has 0 atom stereocenters. The van der Waals surface area contributed by atoms with Gasteiger partial charge >= 0.3 is 5.97 Å². The van der Waals surface area contributed by atoms with Crippen molar-refractivity contribution in [3.8, 4) is 0 Å². The monoisotopic (exact) mass is 264 g/mol. The highest BCUT2D eigenvalue weighted by Crippen LogP contribution is 2.24. The van der Waals surface area contributed by atoms with Gasteiger partial charge in [0.15, 0.2) is 0 Å². The molecule has 0 radical (unpaired) electrons. The van der Waals surface area contributed by atoms with Crippen LogP contribution in [0.15, 0.2) is 18.7 Å². The molecule has 0 fully saturated rings. The average molecular weight is 264 g/mol. The summed E-state index contributed by atoms with van der Waals surface area (Å²) in [7, 11) is 1.62. The highest BCUT2D eigenvalue weighted by Gasteiger charge is 2.19. The maximum atomic E-state index is 11.4. The van der Waals surface area contributed by atoms with Crippen molar-refractivity contribution in [2.45, 2.75) is 13.8 Å². The summed E-state index contributed by atoms with van der Waals surface area (Å²) in [6.45, 7) is 8.96. The number of aryl methyl sites for hydroxylation is 2. The van der Waals surface area contributed by atoms with E-state index in [0.29, 0.717) is 31.1 Å². The van der Waals surface area contributed by atoms with Crippen molar-refractivity contribution in [2.24, 2.45) is 0 Å². The van der Waals surface area contributed by atoms with E-state index in [1.807, 2.05) is 11.8 Å². The Balaban J connectivity index is 3.26. The molecule has 1 rings (SSSR count). The lowest BCUT2D eigenvalue weighted by molar-refractivity contribution is 0.0696. The molecular formula is C14H20N2O3. The second-order valence-electron chi connectivity index (χ2n) is 4.28. The van der Waals surface area contributed by atoms with E-state index in [2.05, 4.69) is 11.6 Å². The van der Waals surface area contributed by atoms with Crippen LogP contribution < -0.4 is 4.90 Å². The molecule has 0 saturated carbocycles. The van der Waals surface area contributed by atoms with Crippen LogP contribution in [-0.4, -0.2) is 42.9 Å². The van der Waals surface area contributed by atoms with E-state index >= 15 is 0 Å². The van der Waals surface area contributed by atoms with E-state index in [4.69, 9.17) is 4.74 Å². The van der Waals surface area contributed by atoms with Crippen molar-refractivity contribution in [3.05, 3.63) is 35.7 Å². The summed E-state index contributed by atoms with van der Waals surface area (Å²) < 4.78 is 5.06. The standard InChI is InChI=1S/C14H20N2O3/c1-5-6-16(7-8-19-4)12-9-10(2)15-11(3)13(12)14(17)18/h5,9H,1,6-8H2,2-4H3,(H,17,18). The van der Waals surface area contributed by atoms with Crippen molar-refractivity contribution < 1.29 is 14.6 Å². The van der Waals surface area contributed by atoms with Gasteiger partial charge in [-0.25, -0.2) is 4.79 Å². The first-order valence-electron chi connectivity index (χ1n) is 6.07. The van der Waals surface area contributed by atoms with Gasteiger partial charge in [-0.1, -0.05) is 6.08 Å². The molecule has 0 spiro atoms. The molecule has 0 saturated heterocycles. The van der Waals surface area contributed by atoms with Crippen LogP contribution in [0.4, 0.5) is 5.69 Å². The van der Waals surface area contributed by atoms with E-state index in [-0.39, 0.29) is 5.56 Å². The third kappa shape index (κ3) is 3.79. The third-order valence-corrected chi connectivity index (χ3v) is 2.78. The number of hydrogen-bond acceptors (Lipinski definition) is 4. The number of pyridine rings is 1. The summed E-state index contributed by atoms with van der Waals surface area (Å²) in [6, 6.07) is 1.79. The van der Waals surface area contributed by atoms with Crippen LogP contribution in [0, 0.1) is 13.8 Å². The van der Waals surface area contributed by atoms with Crippen molar-refractivity contribution in [2.75, 3.05) is 31.7 Å². The first-order valence-corrected chi connectivity index (χ1v) is 6.07. The number of anilines is 1. The molecule has 5 nitrogen and oxygen atoms in total. The maximum Gasteiger partial charge on any atom is 0.339 e. The minimum atomic E-state index is -0.966. The molecule has 0 aromatic carbocycles. The number of carboxylic acid groups (broad SMARTS) is 1. The molecule has 1 aromatic rings. The van der Waals surface area contributed by atoms with Gasteiger partial charge in [-0.3, -0.25) is 4.98 Å². The molecule has 1 aromatic heterocycles. The lowest BCUT2D eigenvalue weighted by atomic mass is 10.1. The quantitative estimate of drug-likeness (QED) is 0.763. The zero-order chi connectivity index (χ0) is 14.4. The Morgan fingerprint density at radius 1 is 1.58 bits per heavy atom. The molecule has 0 aliphatic rings. The van der Waals surface area contributed by atoms with Gasteiger partial charge in [-0.2, -0.15) is 0 Å². The Hall–Kier alpha value is -1.88. The minimum Gasteiger partial charge on any atom is -0.478 e. The largest absolute Gasteiger partial charge is 0.478 e. The van der Waals surface area contributed by atoms with E-state index in [9.17, 15) is 9.90 Å². The van der Waals surface area contributed by atoms with Crippen molar-refractivity contribution >= 4 is 11.7 Å². The van der Waals surface area contributed by atoms with Crippen LogP contribution in [-0.2, 0) is 4.74 Å². The lowest BCUT2D eigenvalue weighted by Gasteiger charge is -2.25. The molecule has 0 amide bonds. The van der Waals surface area contributed by atoms with Gasteiger partial charge < -0.3 is 14.7 Å². The number of aromatic carboxylic acids is 1. The van der Waals surface area contributed by atoms with Crippen LogP contribution in [0.25, 0.3) is 0 Å². The summed E-state index contributed by atoms with van der Waals surface area (Å²) in [4.78, 5) is 17.6. The normalized spacial score (nSPS) is 10.3. The third-order valence-electron chi connectivity index (χ3n) is 2.78. The van der Waals surface area contributed by atoms with Gasteiger partial charge in [-0.15, -0.1) is 6.58 Å². The van der Waals surface area contributed by atoms with Gasteiger partial charge in [-0.05, 0) is 19.9 Å². The van der Waals surface area contributed by atoms with Crippen LogP contribution in [0.5, 0.6) is 0 Å². The van der Waals surface area contributed by atoms with Crippen LogP contribution >= 0.6 is 0 Å². The zero-order valence-electron chi connectivity index (χ0n) is 11.6. The SMILES string of the molecule is C=CCN(CCOC)c1cc(C)nc(C)c1C(=O)O. The number of ether oxygens (including phenoxy) is 1. The number of hydrogen-bond donors (Lipinski definition) is 1. The second kappa shape index (κ2) is 6.89. The molecule has 0 bridgehead atoms.